The van der Waals surface area contributed by atoms with E-state index >= 15 is 0 Å². The summed E-state index contributed by atoms with van der Waals surface area (Å²) in [5.74, 6) is -2.88. The largest absolute Gasteiger partial charge is 3.00 e. The summed E-state index contributed by atoms with van der Waals surface area (Å²) in [7, 11) is 0. The summed E-state index contributed by atoms with van der Waals surface area (Å²) in [6, 6.07) is 0. The second-order valence-electron chi connectivity index (χ2n) is 3.37. The van der Waals surface area contributed by atoms with Crippen LogP contribution in [0.2, 0.25) is 0 Å². The minimum Gasteiger partial charge on any atom is -0.550 e. The van der Waals surface area contributed by atoms with Crippen molar-refractivity contribution >= 4 is 17.9 Å². The van der Waals surface area contributed by atoms with Crippen LogP contribution in [0.4, 0.5) is 0 Å². The fourth-order valence-corrected chi connectivity index (χ4v) is 0.612. The van der Waals surface area contributed by atoms with E-state index in [2.05, 4.69) is 0 Å². The second-order valence-corrected chi connectivity index (χ2v) is 3.37. The van der Waals surface area contributed by atoms with Crippen LogP contribution in [0.25, 0.3) is 0 Å². The zero-order valence-electron chi connectivity index (χ0n) is 11.6. The predicted octanol–water partition coefficient (Wildman–Crippen LogP) is -1.39. The molecule has 0 bridgehead atoms. The Labute approximate surface area is 155 Å². The molecular formula is C12H21EuO6. The molecule has 19 heavy (non-hydrogen) atoms. The van der Waals surface area contributed by atoms with Gasteiger partial charge in [-0.2, -0.15) is 0 Å². The Morgan fingerprint density at radius 1 is 0.632 bits per heavy atom. The summed E-state index contributed by atoms with van der Waals surface area (Å²) in [6.45, 7) is 5.40. The first kappa shape index (κ1) is 27.4. The van der Waals surface area contributed by atoms with Crippen molar-refractivity contribution in [1.29, 1.82) is 0 Å². The Bertz CT molecular complexity index is 192. The summed E-state index contributed by atoms with van der Waals surface area (Å²) in [6.07, 6.45) is 2.55. The van der Waals surface area contributed by atoms with Gasteiger partial charge in [-0.3, -0.25) is 0 Å². The molecule has 0 aromatic carbocycles. The Kier molecular flexibility index (Phi) is 33.3. The molecule has 0 atom stereocenters. The van der Waals surface area contributed by atoms with E-state index in [1.807, 2.05) is 0 Å². The van der Waals surface area contributed by atoms with Gasteiger partial charge in [0.1, 0.15) is 0 Å². The van der Waals surface area contributed by atoms with Crippen molar-refractivity contribution in [3.63, 3.8) is 0 Å². The van der Waals surface area contributed by atoms with Gasteiger partial charge in [-0.05, 0) is 19.3 Å². The van der Waals surface area contributed by atoms with E-state index < -0.39 is 17.9 Å². The number of carbonyl (C=O) groups is 3. The fourth-order valence-electron chi connectivity index (χ4n) is 0.612. The Morgan fingerprint density at radius 3 is 0.789 bits per heavy atom. The molecule has 0 amide bonds. The molecule has 0 heterocycles. The molecule has 0 aliphatic rings. The van der Waals surface area contributed by atoms with Crippen LogP contribution in [-0.4, -0.2) is 17.9 Å². The SMILES string of the molecule is CCCC(=O)[O-].CCCC(=O)[O-].CCCC(=O)[O-].[Eu+3]. The van der Waals surface area contributed by atoms with Gasteiger partial charge in [0.2, 0.25) is 0 Å². The molecule has 0 aliphatic heterocycles. The van der Waals surface area contributed by atoms with Gasteiger partial charge in [0.15, 0.2) is 0 Å². The van der Waals surface area contributed by atoms with Crippen LogP contribution >= 0.6 is 0 Å². The number of carbonyl (C=O) groups excluding carboxylic acids is 3. The van der Waals surface area contributed by atoms with E-state index in [-0.39, 0.29) is 68.6 Å². The van der Waals surface area contributed by atoms with Crippen molar-refractivity contribution in [1.82, 2.24) is 0 Å². The first-order chi connectivity index (χ1) is 8.31. The van der Waals surface area contributed by atoms with Gasteiger partial charge >= 0.3 is 49.4 Å². The molecule has 112 valence electrons. The monoisotopic (exact) mass is 414 g/mol. The number of rotatable bonds is 6. The van der Waals surface area contributed by atoms with Gasteiger partial charge < -0.3 is 29.7 Å². The quantitative estimate of drug-likeness (QED) is 0.529. The summed E-state index contributed by atoms with van der Waals surface area (Å²) in [4.78, 5) is 28.5. The second kappa shape index (κ2) is 23.1. The molecular weight excluding hydrogens is 392 g/mol. The Balaban J connectivity index is -0.0000000865. The van der Waals surface area contributed by atoms with E-state index in [9.17, 15) is 29.7 Å². The summed E-state index contributed by atoms with van der Waals surface area (Å²) in [5, 5.41) is 28.5. The smallest absolute Gasteiger partial charge is 0.550 e. The molecule has 0 radical (unpaired) electrons. The van der Waals surface area contributed by atoms with Crippen molar-refractivity contribution in [2.75, 3.05) is 0 Å². The molecule has 7 heteroatoms. The van der Waals surface area contributed by atoms with Crippen LogP contribution < -0.4 is 15.3 Å². The maximum Gasteiger partial charge on any atom is 3.00 e. The first-order valence-corrected chi connectivity index (χ1v) is 5.91. The van der Waals surface area contributed by atoms with Crippen molar-refractivity contribution in [2.24, 2.45) is 0 Å². The molecule has 6 nitrogen and oxygen atoms in total. The van der Waals surface area contributed by atoms with Gasteiger partial charge in [-0.25, -0.2) is 0 Å². The summed E-state index contributed by atoms with van der Waals surface area (Å²) < 4.78 is 0. The number of hydrogen-bond acceptors (Lipinski definition) is 6. The number of aliphatic carboxylic acids is 3. The predicted molar refractivity (Wildman–Crippen MR) is 59.7 cm³/mol. The van der Waals surface area contributed by atoms with Crippen LogP contribution in [0, 0.1) is 49.4 Å². The van der Waals surface area contributed by atoms with E-state index in [0.717, 1.165) is 0 Å². The van der Waals surface area contributed by atoms with Gasteiger partial charge in [0.05, 0.1) is 0 Å². The standard InChI is InChI=1S/3C4H8O2.Eu/c3*1-2-3-4(5)6;/h3*2-3H2,1H3,(H,5,6);/q;;;+3/p-3. The van der Waals surface area contributed by atoms with Gasteiger partial charge in [-0.1, -0.05) is 40.0 Å². The molecule has 0 fully saturated rings. The molecule has 0 aromatic rings. The molecule has 0 saturated heterocycles. The molecule has 0 aromatic heterocycles. The van der Waals surface area contributed by atoms with Crippen LogP contribution in [0.5, 0.6) is 0 Å². The maximum absolute atomic E-state index is 9.49. The fraction of sp³-hybridized carbons (Fsp3) is 0.750. The molecule has 0 rings (SSSR count). The Hall–Kier alpha value is -0.00558. The van der Waals surface area contributed by atoms with Crippen LogP contribution in [0.1, 0.15) is 59.3 Å². The van der Waals surface area contributed by atoms with Crippen LogP contribution in [0.15, 0.2) is 0 Å². The van der Waals surface area contributed by atoms with Crippen LogP contribution in [0.3, 0.4) is 0 Å². The topological polar surface area (TPSA) is 120 Å². The summed E-state index contributed by atoms with van der Waals surface area (Å²) >= 11 is 0. The minimum atomic E-state index is -0.961. The zero-order chi connectivity index (χ0) is 15.0. The normalized spacial score (nSPS) is 7.74. The van der Waals surface area contributed by atoms with Gasteiger partial charge in [0, 0.05) is 17.9 Å². The third kappa shape index (κ3) is 56.9. The van der Waals surface area contributed by atoms with Crippen molar-refractivity contribution in [2.45, 2.75) is 59.3 Å². The third-order valence-corrected chi connectivity index (χ3v) is 1.36. The maximum atomic E-state index is 9.49. The number of hydrogen-bond donors (Lipinski definition) is 0. The molecule has 0 aliphatic carbocycles. The van der Waals surface area contributed by atoms with Crippen LogP contribution in [-0.2, 0) is 14.4 Å². The van der Waals surface area contributed by atoms with Crippen molar-refractivity contribution < 1.29 is 79.1 Å². The zero-order valence-corrected chi connectivity index (χ0v) is 14.0. The number of carboxylic acid groups (broad SMARTS) is 3. The van der Waals surface area contributed by atoms with E-state index in [0.29, 0.717) is 19.3 Å². The van der Waals surface area contributed by atoms with E-state index in [1.165, 1.54) is 0 Å². The number of carboxylic acids is 3. The minimum absolute atomic E-state index is 0. The third-order valence-electron chi connectivity index (χ3n) is 1.36. The van der Waals surface area contributed by atoms with Crippen molar-refractivity contribution in [3.8, 4) is 0 Å². The first-order valence-electron chi connectivity index (χ1n) is 5.91. The molecule has 0 N–H and O–H groups in total. The summed E-state index contributed by atoms with van der Waals surface area (Å²) in [5.41, 5.74) is 0. The molecule has 0 saturated carbocycles. The van der Waals surface area contributed by atoms with Gasteiger partial charge in [0.25, 0.3) is 0 Å². The molecule has 0 spiro atoms. The van der Waals surface area contributed by atoms with Gasteiger partial charge in [-0.15, -0.1) is 0 Å². The van der Waals surface area contributed by atoms with E-state index in [1.54, 1.807) is 20.8 Å². The average molecular weight is 413 g/mol. The average Bonchev–Trinajstić information content (AvgIpc) is 2.18. The molecule has 0 unspecified atom stereocenters. The van der Waals surface area contributed by atoms with E-state index in [4.69, 9.17) is 0 Å². The van der Waals surface area contributed by atoms with Crippen molar-refractivity contribution in [3.05, 3.63) is 0 Å². The Morgan fingerprint density at radius 2 is 0.789 bits per heavy atom.